The minimum Gasteiger partial charge on any atom is -0.366 e. The molecule has 0 aromatic carbocycles. The predicted octanol–water partition coefficient (Wildman–Crippen LogP) is 2.38. The van der Waals surface area contributed by atoms with Crippen molar-refractivity contribution < 1.29 is 4.79 Å². The summed E-state index contributed by atoms with van der Waals surface area (Å²) in [6, 6.07) is 5.22. The van der Waals surface area contributed by atoms with Crippen LogP contribution < -0.4 is 5.73 Å². The van der Waals surface area contributed by atoms with Crippen molar-refractivity contribution in [1.29, 1.82) is 0 Å². The number of amides is 1. The molecule has 2 aromatic rings. The first kappa shape index (κ1) is 11.9. The third-order valence-electron chi connectivity index (χ3n) is 1.96. The van der Waals surface area contributed by atoms with Gasteiger partial charge in [-0.3, -0.25) is 9.78 Å². The quantitative estimate of drug-likeness (QED) is 0.925. The first-order valence-electron chi connectivity index (χ1n) is 4.70. The SMILES string of the molecule is NC(=O)c1cnc(Sc2ccncc2)c(Cl)c1. The summed E-state index contributed by atoms with van der Waals surface area (Å²) in [7, 11) is 0. The van der Waals surface area contributed by atoms with Gasteiger partial charge in [0, 0.05) is 23.5 Å². The fourth-order valence-electron chi connectivity index (χ4n) is 1.15. The Balaban J connectivity index is 2.26. The molecule has 0 fully saturated rings. The molecule has 2 heterocycles. The zero-order chi connectivity index (χ0) is 12.3. The lowest BCUT2D eigenvalue weighted by molar-refractivity contribution is 0.1000. The number of primary amides is 1. The molecule has 0 aliphatic rings. The molecular formula is C11H8ClN3OS. The fraction of sp³-hybridized carbons (Fsp3) is 0. The van der Waals surface area contributed by atoms with E-state index < -0.39 is 5.91 Å². The Bertz CT molecular complexity index is 548. The van der Waals surface area contributed by atoms with Gasteiger partial charge in [-0.25, -0.2) is 4.98 Å². The van der Waals surface area contributed by atoms with Crippen LogP contribution in [-0.4, -0.2) is 15.9 Å². The summed E-state index contributed by atoms with van der Waals surface area (Å²) in [5.41, 5.74) is 5.43. The first-order chi connectivity index (χ1) is 8.16. The van der Waals surface area contributed by atoms with E-state index in [2.05, 4.69) is 9.97 Å². The van der Waals surface area contributed by atoms with Crippen molar-refractivity contribution in [3.8, 4) is 0 Å². The van der Waals surface area contributed by atoms with Gasteiger partial charge in [0.2, 0.25) is 5.91 Å². The molecule has 17 heavy (non-hydrogen) atoms. The molecule has 0 atom stereocenters. The van der Waals surface area contributed by atoms with Crippen LogP contribution in [0.25, 0.3) is 0 Å². The van der Waals surface area contributed by atoms with Crippen molar-refractivity contribution in [2.45, 2.75) is 9.92 Å². The van der Waals surface area contributed by atoms with Crippen LogP contribution in [0.4, 0.5) is 0 Å². The van der Waals surface area contributed by atoms with E-state index in [1.54, 1.807) is 12.4 Å². The number of pyridine rings is 2. The van der Waals surface area contributed by atoms with Crippen LogP contribution in [0, 0.1) is 0 Å². The van der Waals surface area contributed by atoms with Gasteiger partial charge in [0.15, 0.2) is 0 Å². The minimum absolute atomic E-state index is 0.300. The Morgan fingerprint density at radius 2 is 2.06 bits per heavy atom. The van der Waals surface area contributed by atoms with Gasteiger partial charge in [-0.1, -0.05) is 23.4 Å². The second-order valence-electron chi connectivity index (χ2n) is 3.16. The van der Waals surface area contributed by atoms with E-state index in [4.69, 9.17) is 17.3 Å². The van der Waals surface area contributed by atoms with Gasteiger partial charge < -0.3 is 5.73 Å². The second-order valence-corrected chi connectivity index (χ2v) is 4.63. The number of aromatic nitrogens is 2. The second kappa shape index (κ2) is 5.16. The lowest BCUT2D eigenvalue weighted by Gasteiger charge is -2.03. The average molecular weight is 266 g/mol. The standard InChI is InChI=1S/C11H8ClN3OS/c12-9-5-7(10(13)16)6-15-11(9)17-8-1-3-14-4-2-8/h1-6H,(H2,13,16). The Kier molecular flexibility index (Phi) is 3.61. The maximum Gasteiger partial charge on any atom is 0.250 e. The molecular weight excluding hydrogens is 258 g/mol. The molecule has 0 saturated heterocycles. The average Bonchev–Trinajstić information content (AvgIpc) is 2.33. The van der Waals surface area contributed by atoms with E-state index in [-0.39, 0.29) is 0 Å². The van der Waals surface area contributed by atoms with Crippen LogP contribution in [0.5, 0.6) is 0 Å². The Labute approximate surface area is 107 Å². The van der Waals surface area contributed by atoms with Gasteiger partial charge in [0.25, 0.3) is 0 Å². The fourth-order valence-corrected chi connectivity index (χ4v) is 2.18. The highest BCUT2D eigenvalue weighted by atomic mass is 35.5. The molecule has 4 nitrogen and oxygen atoms in total. The third-order valence-corrected chi connectivity index (χ3v) is 3.38. The third kappa shape index (κ3) is 2.95. The number of nitrogens with two attached hydrogens (primary N) is 1. The van der Waals surface area contributed by atoms with Crippen molar-refractivity contribution in [3.05, 3.63) is 47.4 Å². The van der Waals surface area contributed by atoms with Gasteiger partial charge in [0.1, 0.15) is 5.03 Å². The summed E-state index contributed by atoms with van der Waals surface area (Å²) < 4.78 is 0. The molecule has 1 amide bonds. The molecule has 0 aliphatic carbocycles. The summed E-state index contributed by atoms with van der Waals surface area (Å²) in [6.07, 6.45) is 4.79. The highest BCUT2D eigenvalue weighted by Crippen LogP contribution is 2.31. The van der Waals surface area contributed by atoms with Gasteiger partial charge in [-0.2, -0.15) is 0 Å². The van der Waals surface area contributed by atoms with E-state index in [1.807, 2.05) is 12.1 Å². The lowest BCUT2D eigenvalue weighted by Crippen LogP contribution is -2.11. The lowest BCUT2D eigenvalue weighted by atomic mass is 10.3. The van der Waals surface area contributed by atoms with E-state index >= 15 is 0 Å². The number of halogens is 1. The number of carbonyl (C=O) groups is 1. The molecule has 0 unspecified atom stereocenters. The van der Waals surface area contributed by atoms with E-state index in [0.29, 0.717) is 15.6 Å². The van der Waals surface area contributed by atoms with Crippen LogP contribution in [0.1, 0.15) is 10.4 Å². The molecule has 0 radical (unpaired) electrons. The molecule has 2 rings (SSSR count). The molecule has 0 saturated carbocycles. The number of carbonyl (C=O) groups excluding carboxylic acids is 1. The largest absolute Gasteiger partial charge is 0.366 e. The summed E-state index contributed by atoms with van der Waals surface area (Å²) in [5.74, 6) is -0.542. The molecule has 2 aromatic heterocycles. The highest BCUT2D eigenvalue weighted by molar-refractivity contribution is 7.99. The molecule has 0 aliphatic heterocycles. The Hall–Kier alpha value is -1.59. The zero-order valence-electron chi connectivity index (χ0n) is 8.63. The van der Waals surface area contributed by atoms with Crippen molar-refractivity contribution in [2.24, 2.45) is 5.73 Å². The number of hydrogen-bond acceptors (Lipinski definition) is 4. The summed E-state index contributed by atoms with van der Waals surface area (Å²) in [6.45, 7) is 0. The van der Waals surface area contributed by atoms with Crippen LogP contribution in [0.15, 0.2) is 46.7 Å². The molecule has 0 spiro atoms. The minimum atomic E-state index is -0.542. The van der Waals surface area contributed by atoms with Crippen LogP contribution in [0.3, 0.4) is 0 Å². The van der Waals surface area contributed by atoms with Crippen LogP contribution >= 0.6 is 23.4 Å². The van der Waals surface area contributed by atoms with Crippen molar-refractivity contribution in [3.63, 3.8) is 0 Å². The predicted molar refractivity (Wildman–Crippen MR) is 66.1 cm³/mol. The van der Waals surface area contributed by atoms with Crippen molar-refractivity contribution in [2.75, 3.05) is 0 Å². The van der Waals surface area contributed by atoms with Crippen molar-refractivity contribution >= 4 is 29.3 Å². The molecule has 0 bridgehead atoms. The first-order valence-corrected chi connectivity index (χ1v) is 5.89. The van der Waals surface area contributed by atoms with Crippen molar-refractivity contribution in [1.82, 2.24) is 9.97 Å². The Morgan fingerprint density at radius 3 is 2.65 bits per heavy atom. The van der Waals surface area contributed by atoms with Crippen LogP contribution in [-0.2, 0) is 0 Å². The normalized spacial score (nSPS) is 10.2. The van der Waals surface area contributed by atoms with Gasteiger partial charge in [0.05, 0.1) is 10.6 Å². The maximum atomic E-state index is 10.9. The molecule has 6 heteroatoms. The number of rotatable bonds is 3. The van der Waals surface area contributed by atoms with Crippen LogP contribution in [0.2, 0.25) is 5.02 Å². The topological polar surface area (TPSA) is 68.9 Å². The summed E-state index contributed by atoms with van der Waals surface area (Å²) in [5, 5.41) is 1.03. The van der Waals surface area contributed by atoms with E-state index in [1.165, 1.54) is 24.0 Å². The van der Waals surface area contributed by atoms with E-state index in [9.17, 15) is 4.79 Å². The summed E-state index contributed by atoms with van der Waals surface area (Å²) >= 11 is 7.42. The number of nitrogens with zero attached hydrogens (tertiary/aromatic N) is 2. The Morgan fingerprint density at radius 1 is 1.35 bits per heavy atom. The molecule has 2 N–H and O–H groups in total. The smallest absolute Gasteiger partial charge is 0.250 e. The van der Waals surface area contributed by atoms with Gasteiger partial charge in [-0.15, -0.1) is 0 Å². The molecule has 86 valence electrons. The highest BCUT2D eigenvalue weighted by Gasteiger charge is 2.08. The monoisotopic (exact) mass is 265 g/mol. The number of hydrogen-bond donors (Lipinski definition) is 1. The summed E-state index contributed by atoms with van der Waals surface area (Å²) in [4.78, 5) is 19.9. The zero-order valence-corrected chi connectivity index (χ0v) is 10.2. The van der Waals surface area contributed by atoms with Gasteiger partial charge >= 0.3 is 0 Å². The van der Waals surface area contributed by atoms with Gasteiger partial charge in [-0.05, 0) is 18.2 Å². The van der Waals surface area contributed by atoms with E-state index in [0.717, 1.165) is 4.90 Å². The maximum absolute atomic E-state index is 10.9.